The summed E-state index contributed by atoms with van der Waals surface area (Å²) in [6, 6.07) is -1.55. The molecule has 0 aromatic rings. The lowest BCUT2D eigenvalue weighted by atomic mass is 10.2. The average Bonchev–Trinajstić information content (AvgIpc) is 3.24. The lowest BCUT2D eigenvalue weighted by molar-refractivity contribution is -0.161. The Morgan fingerprint density at radius 2 is 0.967 bits per heavy atom. The van der Waals surface area contributed by atoms with Gasteiger partial charge in [0, 0.05) is 19.4 Å². The number of esters is 2. The van der Waals surface area contributed by atoms with E-state index in [4.69, 9.17) is 29.9 Å². The number of aliphatic hydroxyl groups is 1. The van der Waals surface area contributed by atoms with Crippen LogP contribution < -0.4 is 5.73 Å². The molecule has 0 bridgehead atoms. The van der Waals surface area contributed by atoms with Crippen molar-refractivity contribution in [2.24, 2.45) is 5.73 Å². The summed E-state index contributed by atoms with van der Waals surface area (Å²) in [5, 5.41) is 17.7. The number of phosphoric ester groups is 1. The molecule has 0 heterocycles. The Hall–Kier alpha value is -4.16. The molecule has 0 aromatic heterocycles. The molecule has 0 aromatic carbocycles. The molecule has 3 atom stereocenters. The number of carbonyl (C=O) groups excluding carboxylic acids is 2. The van der Waals surface area contributed by atoms with Crippen molar-refractivity contribution >= 4 is 25.7 Å². The van der Waals surface area contributed by atoms with Gasteiger partial charge in [0.1, 0.15) is 12.6 Å². The van der Waals surface area contributed by atoms with Crippen LogP contribution in [0.15, 0.2) is 122 Å². The van der Waals surface area contributed by atoms with Crippen molar-refractivity contribution in [3.8, 4) is 0 Å². The minimum atomic E-state index is -4.76. The largest absolute Gasteiger partial charge is 0.480 e. The van der Waals surface area contributed by atoms with Crippen molar-refractivity contribution in [2.75, 3.05) is 26.4 Å². The van der Waals surface area contributed by atoms with Gasteiger partial charge >= 0.3 is 25.7 Å². The van der Waals surface area contributed by atoms with Gasteiger partial charge in [-0.2, -0.15) is 0 Å². The number of aliphatic hydroxyl groups excluding tert-OH is 1. The van der Waals surface area contributed by atoms with Gasteiger partial charge in [0.25, 0.3) is 0 Å². The first kappa shape index (κ1) is 56.8. The first-order valence-electron chi connectivity index (χ1n) is 21.7. The minimum absolute atomic E-state index is 0.0515. The molecular formula is C48H74NO11P. The van der Waals surface area contributed by atoms with E-state index in [1.165, 1.54) is 0 Å². The van der Waals surface area contributed by atoms with Crippen molar-refractivity contribution in [3.05, 3.63) is 122 Å². The van der Waals surface area contributed by atoms with Gasteiger partial charge in [0.2, 0.25) is 0 Å². The molecule has 1 unspecified atom stereocenters. The molecule has 0 rings (SSSR count). The van der Waals surface area contributed by atoms with E-state index in [-0.39, 0.29) is 19.4 Å². The maximum absolute atomic E-state index is 12.6. The van der Waals surface area contributed by atoms with Crippen molar-refractivity contribution < 1.29 is 52.6 Å². The van der Waals surface area contributed by atoms with Crippen molar-refractivity contribution in [1.82, 2.24) is 0 Å². The van der Waals surface area contributed by atoms with Crippen LogP contribution in [0.3, 0.4) is 0 Å². The smallest absolute Gasteiger partial charge is 0.472 e. The molecule has 342 valence electrons. The summed E-state index contributed by atoms with van der Waals surface area (Å²) in [6.07, 6.45) is 54.4. The Kier molecular flexibility index (Phi) is 39.6. The van der Waals surface area contributed by atoms with E-state index in [9.17, 15) is 23.8 Å². The molecule has 0 saturated heterocycles. The average molecular weight is 872 g/mol. The molecule has 0 aliphatic rings. The van der Waals surface area contributed by atoms with E-state index < -0.39 is 57.7 Å². The zero-order valence-electron chi connectivity index (χ0n) is 36.4. The highest BCUT2D eigenvalue weighted by Crippen LogP contribution is 2.43. The molecular weight excluding hydrogens is 797 g/mol. The van der Waals surface area contributed by atoms with Crippen LogP contribution in [-0.2, 0) is 37.5 Å². The first-order valence-corrected chi connectivity index (χ1v) is 23.2. The summed E-state index contributed by atoms with van der Waals surface area (Å²) in [7, 11) is -4.76. The van der Waals surface area contributed by atoms with Gasteiger partial charge in [0.05, 0.1) is 13.2 Å². The van der Waals surface area contributed by atoms with Gasteiger partial charge in [-0.1, -0.05) is 135 Å². The highest BCUT2D eigenvalue weighted by Gasteiger charge is 2.28. The molecule has 0 aliphatic heterocycles. The number of ether oxygens (including phenoxy) is 2. The number of nitrogens with two attached hydrogens (primary N) is 1. The zero-order valence-corrected chi connectivity index (χ0v) is 37.3. The SMILES string of the molecule is CC/C=C\C/C=C\C/C=C\C/C=C\C/C=C\C/C=C\CCC(=O)OC[C@H](COP(=O)(O)OC[C@H](N)C(=O)O)OC(=O)CCC/C=C\C/C=C\C/C=C\C/C=C\CCCCCO. The number of hydrogen-bond donors (Lipinski definition) is 4. The van der Waals surface area contributed by atoms with Crippen LogP contribution in [0, 0.1) is 0 Å². The molecule has 13 heteroatoms. The number of carboxylic acid groups (broad SMARTS) is 1. The van der Waals surface area contributed by atoms with Gasteiger partial charge in [-0.25, -0.2) is 4.57 Å². The van der Waals surface area contributed by atoms with E-state index in [0.29, 0.717) is 19.3 Å². The third-order valence-corrected chi connectivity index (χ3v) is 9.21. The molecule has 0 amide bonds. The van der Waals surface area contributed by atoms with Gasteiger partial charge in [-0.05, 0) is 96.3 Å². The van der Waals surface area contributed by atoms with E-state index in [1.807, 2.05) is 30.4 Å². The second-order valence-corrected chi connectivity index (χ2v) is 15.3. The van der Waals surface area contributed by atoms with Crippen LogP contribution in [0.2, 0.25) is 0 Å². The second kappa shape index (κ2) is 42.5. The molecule has 12 nitrogen and oxygen atoms in total. The van der Waals surface area contributed by atoms with E-state index in [0.717, 1.165) is 83.5 Å². The fourth-order valence-electron chi connectivity index (χ4n) is 4.88. The summed E-state index contributed by atoms with van der Waals surface area (Å²) in [5.74, 6) is -2.60. The third kappa shape index (κ3) is 42.3. The Labute approximate surface area is 365 Å². The summed E-state index contributed by atoms with van der Waals surface area (Å²) in [5.41, 5.74) is 5.32. The number of carboxylic acids is 1. The monoisotopic (exact) mass is 871 g/mol. The Morgan fingerprint density at radius 3 is 1.43 bits per heavy atom. The summed E-state index contributed by atoms with van der Waals surface area (Å²) < 4.78 is 32.5. The van der Waals surface area contributed by atoms with Crippen LogP contribution in [0.5, 0.6) is 0 Å². The summed E-state index contributed by atoms with van der Waals surface area (Å²) in [6.45, 7) is 0.530. The second-order valence-electron chi connectivity index (χ2n) is 13.8. The predicted molar refractivity (Wildman–Crippen MR) is 245 cm³/mol. The molecule has 0 aliphatic carbocycles. The van der Waals surface area contributed by atoms with Crippen molar-refractivity contribution in [3.63, 3.8) is 0 Å². The summed E-state index contributed by atoms with van der Waals surface area (Å²) >= 11 is 0. The number of unbranched alkanes of at least 4 members (excludes halogenated alkanes) is 4. The zero-order chi connectivity index (χ0) is 44.9. The summed E-state index contributed by atoms with van der Waals surface area (Å²) in [4.78, 5) is 45.9. The molecule has 0 spiro atoms. The van der Waals surface area contributed by atoms with Crippen LogP contribution >= 0.6 is 7.82 Å². The van der Waals surface area contributed by atoms with Gasteiger partial charge in [0.15, 0.2) is 6.10 Å². The Bertz CT molecular complexity index is 1490. The van der Waals surface area contributed by atoms with Crippen LogP contribution in [0.4, 0.5) is 0 Å². The molecule has 0 saturated carbocycles. The fraction of sp³-hybridized carbons (Fsp3) is 0.521. The minimum Gasteiger partial charge on any atom is -0.480 e. The van der Waals surface area contributed by atoms with Gasteiger partial charge in [-0.3, -0.25) is 23.4 Å². The highest BCUT2D eigenvalue weighted by atomic mass is 31.2. The van der Waals surface area contributed by atoms with Gasteiger partial charge < -0.3 is 30.3 Å². The van der Waals surface area contributed by atoms with Crippen molar-refractivity contribution in [2.45, 2.75) is 135 Å². The number of carbonyl (C=O) groups is 3. The standard InChI is InChI=1S/C48H74NO11P/c1-2-3-4-5-6-7-8-9-10-11-12-14-17-20-23-26-29-32-35-38-46(51)57-41-44(42-58-61(55,56)59-43-45(49)48(53)54)60-47(52)39-36-33-30-27-24-21-18-15-13-16-19-22-25-28-31-34-37-40-50/h3-4,6-7,9-10,12-14,16,18,20-23,25,27,29-30,32,44-45,50H,2,5,8,11,15,17,19,24,26,28,31,33-43,49H2,1H3,(H,53,54)(H,55,56)/b4-3-,7-6-,10-9-,14-12-,16-13-,21-18-,23-20-,25-22-,30-27-,32-29-/t44-,45+/m1/s1. The first-order chi connectivity index (χ1) is 29.6. The quantitative estimate of drug-likeness (QED) is 0.0198. The van der Waals surface area contributed by atoms with E-state index >= 15 is 0 Å². The topological polar surface area (TPSA) is 192 Å². The number of phosphoric acid groups is 1. The lowest BCUT2D eigenvalue weighted by Crippen LogP contribution is -2.34. The fourth-order valence-corrected chi connectivity index (χ4v) is 5.66. The van der Waals surface area contributed by atoms with Gasteiger partial charge in [-0.15, -0.1) is 0 Å². The Balaban J connectivity index is 4.60. The maximum atomic E-state index is 12.6. The lowest BCUT2D eigenvalue weighted by Gasteiger charge is -2.20. The molecule has 0 radical (unpaired) electrons. The Morgan fingerprint density at radius 1 is 0.541 bits per heavy atom. The number of aliphatic carboxylic acids is 1. The van der Waals surface area contributed by atoms with Crippen molar-refractivity contribution in [1.29, 1.82) is 0 Å². The van der Waals surface area contributed by atoms with E-state index in [1.54, 1.807) is 0 Å². The highest BCUT2D eigenvalue weighted by molar-refractivity contribution is 7.47. The normalized spacial score (nSPS) is 14.8. The van der Waals surface area contributed by atoms with Crippen LogP contribution in [-0.4, -0.2) is 71.6 Å². The number of hydrogen-bond acceptors (Lipinski definition) is 10. The van der Waals surface area contributed by atoms with Crippen LogP contribution in [0.1, 0.15) is 122 Å². The van der Waals surface area contributed by atoms with E-state index in [2.05, 4.69) is 103 Å². The molecule has 0 fully saturated rings. The molecule has 61 heavy (non-hydrogen) atoms. The number of rotatable bonds is 39. The maximum Gasteiger partial charge on any atom is 0.472 e. The molecule has 5 N–H and O–H groups in total. The third-order valence-electron chi connectivity index (χ3n) is 8.26. The van der Waals surface area contributed by atoms with Crippen LogP contribution in [0.25, 0.3) is 0 Å². The predicted octanol–water partition coefficient (Wildman–Crippen LogP) is 10.6. The number of allylic oxidation sites excluding steroid dienone is 20.